The highest BCUT2D eigenvalue weighted by Gasteiger charge is 2.29. The summed E-state index contributed by atoms with van der Waals surface area (Å²) in [4.78, 5) is 4.43. The lowest BCUT2D eigenvalue weighted by Gasteiger charge is -2.25. The van der Waals surface area contributed by atoms with Gasteiger partial charge in [0.2, 0.25) is 5.89 Å². The highest BCUT2D eigenvalue weighted by Crippen LogP contribution is 2.36. The van der Waals surface area contributed by atoms with Crippen molar-refractivity contribution in [1.29, 1.82) is 0 Å². The molecule has 0 bridgehead atoms. The van der Waals surface area contributed by atoms with E-state index < -0.39 is 10.1 Å². The fourth-order valence-corrected chi connectivity index (χ4v) is 3.63. The lowest BCUT2D eigenvalue weighted by molar-refractivity contribution is 0.277. The SMILES string of the molecule is COS(=O)(=O)CC1CCC(c2nc(C(C)C)no2)CC1. The van der Waals surface area contributed by atoms with Gasteiger partial charge in [-0.25, -0.2) is 0 Å². The Labute approximate surface area is 120 Å². The van der Waals surface area contributed by atoms with Gasteiger partial charge in [0, 0.05) is 11.8 Å². The fraction of sp³-hybridized carbons (Fsp3) is 0.846. The Hall–Kier alpha value is -0.950. The first-order valence-corrected chi connectivity index (χ1v) is 8.61. The monoisotopic (exact) mass is 302 g/mol. The van der Waals surface area contributed by atoms with Crippen LogP contribution in [0, 0.1) is 5.92 Å². The van der Waals surface area contributed by atoms with Crippen molar-refractivity contribution in [1.82, 2.24) is 10.1 Å². The quantitative estimate of drug-likeness (QED) is 0.777. The molecule has 0 N–H and O–H groups in total. The van der Waals surface area contributed by atoms with Crippen molar-refractivity contribution in [2.75, 3.05) is 12.9 Å². The first-order valence-electron chi connectivity index (χ1n) is 7.03. The smallest absolute Gasteiger partial charge is 0.267 e. The normalized spacial score (nSPS) is 24.2. The highest BCUT2D eigenvalue weighted by molar-refractivity contribution is 7.86. The average Bonchev–Trinajstić information content (AvgIpc) is 2.89. The van der Waals surface area contributed by atoms with Crippen molar-refractivity contribution in [3.8, 4) is 0 Å². The molecule has 0 atom stereocenters. The number of rotatable bonds is 5. The van der Waals surface area contributed by atoms with E-state index in [-0.39, 0.29) is 23.5 Å². The average molecular weight is 302 g/mol. The maximum atomic E-state index is 11.4. The van der Waals surface area contributed by atoms with Gasteiger partial charge in [0.25, 0.3) is 10.1 Å². The van der Waals surface area contributed by atoms with Gasteiger partial charge in [0.15, 0.2) is 5.82 Å². The van der Waals surface area contributed by atoms with Crippen molar-refractivity contribution >= 4 is 10.1 Å². The van der Waals surface area contributed by atoms with Gasteiger partial charge >= 0.3 is 0 Å². The van der Waals surface area contributed by atoms with Crippen molar-refractivity contribution in [2.24, 2.45) is 5.92 Å². The van der Waals surface area contributed by atoms with Gasteiger partial charge in [-0.1, -0.05) is 19.0 Å². The van der Waals surface area contributed by atoms with E-state index in [0.717, 1.165) is 31.5 Å². The third-order valence-electron chi connectivity index (χ3n) is 3.86. The predicted octanol–water partition coefficient (Wildman–Crippen LogP) is 2.44. The largest absolute Gasteiger partial charge is 0.339 e. The first-order chi connectivity index (χ1) is 9.41. The van der Waals surface area contributed by atoms with E-state index in [2.05, 4.69) is 14.3 Å². The Bertz CT molecular complexity index is 530. The topological polar surface area (TPSA) is 82.3 Å². The van der Waals surface area contributed by atoms with Crippen LogP contribution < -0.4 is 0 Å². The van der Waals surface area contributed by atoms with Gasteiger partial charge < -0.3 is 4.52 Å². The Morgan fingerprint density at radius 3 is 2.45 bits per heavy atom. The maximum Gasteiger partial charge on any atom is 0.267 e. The van der Waals surface area contributed by atoms with Crippen molar-refractivity contribution in [3.63, 3.8) is 0 Å². The molecule has 0 radical (unpaired) electrons. The van der Waals surface area contributed by atoms with Crippen molar-refractivity contribution in [2.45, 2.75) is 51.4 Å². The molecule has 7 heteroatoms. The molecule has 1 saturated carbocycles. The molecule has 1 aliphatic carbocycles. The molecule has 1 aromatic rings. The molecule has 0 saturated heterocycles. The van der Waals surface area contributed by atoms with Crippen LogP contribution in [0.25, 0.3) is 0 Å². The molecule has 1 aromatic heterocycles. The Balaban J connectivity index is 1.90. The second-order valence-electron chi connectivity index (χ2n) is 5.75. The zero-order chi connectivity index (χ0) is 14.8. The summed E-state index contributed by atoms with van der Waals surface area (Å²) in [5.41, 5.74) is 0. The lowest BCUT2D eigenvalue weighted by atomic mass is 9.83. The van der Waals surface area contributed by atoms with Crippen LogP contribution in [0.3, 0.4) is 0 Å². The van der Waals surface area contributed by atoms with Crippen LogP contribution in [0.1, 0.15) is 63.1 Å². The second-order valence-corrected chi connectivity index (χ2v) is 7.54. The molecule has 6 nitrogen and oxygen atoms in total. The van der Waals surface area contributed by atoms with Crippen LogP contribution in [0.5, 0.6) is 0 Å². The summed E-state index contributed by atoms with van der Waals surface area (Å²) in [7, 11) is -2.14. The Morgan fingerprint density at radius 1 is 1.30 bits per heavy atom. The molecule has 1 aliphatic rings. The maximum absolute atomic E-state index is 11.4. The number of aromatic nitrogens is 2. The highest BCUT2D eigenvalue weighted by atomic mass is 32.2. The fourth-order valence-electron chi connectivity index (χ4n) is 2.58. The molecule has 1 heterocycles. The van der Waals surface area contributed by atoms with E-state index in [9.17, 15) is 8.42 Å². The van der Waals surface area contributed by atoms with Crippen molar-refractivity contribution < 1.29 is 17.1 Å². The van der Waals surface area contributed by atoms with E-state index in [1.54, 1.807) is 0 Å². The summed E-state index contributed by atoms with van der Waals surface area (Å²) in [6.07, 6.45) is 3.49. The summed E-state index contributed by atoms with van der Waals surface area (Å²) in [5, 5.41) is 3.98. The predicted molar refractivity (Wildman–Crippen MR) is 73.9 cm³/mol. The van der Waals surface area contributed by atoms with Gasteiger partial charge in [-0.2, -0.15) is 13.4 Å². The van der Waals surface area contributed by atoms with E-state index in [1.807, 2.05) is 13.8 Å². The van der Waals surface area contributed by atoms with Crippen LogP contribution >= 0.6 is 0 Å². The molecule has 2 rings (SSSR count). The van der Waals surface area contributed by atoms with Crippen LogP contribution in [-0.2, 0) is 14.3 Å². The van der Waals surface area contributed by atoms with E-state index >= 15 is 0 Å². The number of nitrogens with zero attached hydrogens (tertiary/aromatic N) is 2. The minimum absolute atomic E-state index is 0.108. The third kappa shape index (κ3) is 3.79. The van der Waals surface area contributed by atoms with E-state index in [4.69, 9.17) is 4.52 Å². The second kappa shape index (κ2) is 6.22. The molecule has 1 fully saturated rings. The van der Waals surface area contributed by atoms with Gasteiger partial charge in [0.1, 0.15) is 0 Å². The molecular weight excluding hydrogens is 280 g/mol. The Morgan fingerprint density at radius 2 is 1.95 bits per heavy atom. The van der Waals surface area contributed by atoms with E-state index in [0.29, 0.717) is 5.89 Å². The minimum atomic E-state index is -3.36. The lowest BCUT2D eigenvalue weighted by Crippen LogP contribution is -2.22. The summed E-state index contributed by atoms with van der Waals surface area (Å²) in [5.74, 6) is 2.24. The van der Waals surface area contributed by atoms with Gasteiger partial charge in [0.05, 0.1) is 12.9 Å². The molecule has 0 aromatic carbocycles. The molecule has 0 unspecified atom stereocenters. The summed E-state index contributed by atoms with van der Waals surface area (Å²) in [6.45, 7) is 4.06. The van der Waals surface area contributed by atoms with Gasteiger partial charge in [-0.15, -0.1) is 0 Å². The van der Waals surface area contributed by atoms with Gasteiger partial charge in [-0.3, -0.25) is 4.18 Å². The summed E-state index contributed by atoms with van der Waals surface area (Å²) < 4.78 is 32.7. The molecule has 0 spiro atoms. The summed E-state index contributed by atoms with van der Waals surface area (Å²) >= 11 is 0. The molecule has 0 amide bonds. The number of hydrogen-bond donors (Lipinski definition) is 0. The van der Waals surface area contributed by atoms with Crippen LogP contribution in [0.4, 0.5) is 0 Å². The zero-order valence-electron chi connectivity index (χ0n) is 12.2. The zero-order valence-corrected chi connectivity index (χ0v) is 13.0. The summed E-state index contributed by atoms with van der Waals surface area (Å²) in [6, 6.07) is 0. The minimum Gasteiger partial charge on any atom is -0.339 e. The van der Waals surface area contributed by atoms with Crippen LogP contribution in [0.2, 0.25) is 0 Å². The molecule has 20 heavy (non-hydrogen) atoms. The molecule has 0 aliphatic heterocycles. The van der Waals surface area contributed by atoms with Gasteiger partial charge in [-0.05, 0) is 31.6 Å². The number of hydrogen-bond acceptors (Lipinski definition) is 6. The van der Waals surface area contributed by atoms with Crippen LogP contribution in [-0.4, -0.2) is 31.4 Å². The van der Waals surface area contributed by atoms with E-state index in [1.165, 1.54) is 7.11 Å². The van der Waals surface area contributed by atoms with Crippen LogP contribution in [0.15, 0.2) is 4.52 Å². The first kappa shape index (κ1) is 15.4. The third-order valence-corrected chi connectivity index (χ3v) is 5.25. The standard InChI is InChI=1S/C13H22N2O4S/c1-9(2)12-14-13(19-15-12)11-6-4-10(5-7-11)8-20(16,17)18-3/h9-11H,4-8H2,1-3H3. The van der Waals surface area contributed by atoms with Crippen molar-refractivity contribution in [3.05, 3.63) is 11.7 Å². The molecule has 114 valence electrons. The Kier molecular flexibility index (Phi) is 4.80. The molecular formula is C13H22N2O4S.